The van der Waals surface area contributed by atoms with Gasteiger partial charge in [-0.05, 0) is 72.7 Å². The average molecular weight is 608 g/mol. The number of hydrogen-bond acceptors (Lipinski definition) is 5. The van der Waals surface area contributed by atoms with Gasteiger partial charge >= 0.3 is 0 Å². The molecule has 0 saturated carbocycles. The fourth-order valence-corrected chi connectivity index (χ4v) is 5.91. The van der Waals surface area contributed by atoms with Gasteiger partial charge in [-0.3, -0.25) is 9.69 Å². The highest BCUT2D eigenvalue weighted by Crippen LogP contribution is 2.36. The molecule has 4 aromatic carbocycles. The van der Waals surface area contributed by atoms with Crippen molar-refractivity contribution in [3.8, 4) is 22.7 Å². The molecule has 1 aliphatic heterocycles. The van der Waals surface area contributed by atoms with Gasteiger partial charge in [0.1, 0.15) is 16.7 Å². The van der Waals surface area contributed by atoms with Crippen molar-refractivity contribution in [2.75, 3.05) is 0 Å². The minimum Gasteiger partial charge on any atom is -0.489 e. The lowest BCUT2D eigenvalue weighted by Crippen LogP contribution is -2.27. The molecule has 0 bridgehead atoms. The second-order valence-electron chi connectivity index (χ2n) is 9.91. The molecule has 0 unspecified atom stereocenters. The van der Waals surface area contributed by atoms with E-state index in [1.165, 1.54) is 17.3 Å². The molecule has 2 heterocycles. The van der Waals surface area contributed by atoms with E-state index >= 15 is 0 Å². The van der Waals surface area contributed by atoms with Gasteiger partial charge in [-0.1, -0.05) is 95.7 Å². The molecule has 0 spiro atoms. The molecule has 5 aromatic rings. The number of thioether (sulfide) groups is 1. The number of amides is 1. The Kier molecular flexibility index (Phi) is 8.24. The minimum atomic E-state index is -0.102. The average Bonchev–Trinajstić information content (AvgIpc) is 3.55. The molecular weight excluding hydrogens is 582 g/mol. The first-order valence-corrected chi connectivity index (χ1v) is 15.0. The van der Waals surface area contributed by atoms with Crippen LogP contribution in [-0.4, -0.2) is 24.9 Å². The number of ether oxygens (including phenoxy) is 1. The molecule has 1 amide bonds. The highest BCUT2D eigenvalue weighted by atomic mass is 35.5. The summed E-state index contributed by atoms with van der Waals surface area (Å²) < 4.78 is 8.36. The van der Waals surface area contributed by atoms with Crippen LogP contribution >= 0.6 is 35.6 Å². The molecule has 8 heteroatoms. The van der Waals surface area contributed by atoms with Crippen LogP contribution in [0.25, 0.3) is 23.0 Å². The van der Waals surface area contributed by atoms with E-state index in [0.29, 0.717) is 27.4 Å². The predicted octanol–water partition coefficient (Wildman–Crippen LogP) is 8.48. The van der Waals surface area contributed by atoms with E-state index in [0.717, 1.165) is 39.4 Å². The predicted molar refractivity (Wildman–Crippen MR) is 175 cm³/mol. The molecule has 0 aliphatic carbocycles. The zero-order valence-corrected chi connectivity index (χ0v) is 25.1. The molecular formula is C34H26ClN3O2S2. The lowest BCUT2D eigenvalue weighted by atomic mass is 10.1. The monoisotopic (exact) mass is 607 g/mol. The van der Waals surface area contributed by atoms with E-state index in [1.807, 2.05) is 127 Å². The summed E-state index contributed by atoms with van der Waals surface area (Å²) in [6.45, 7) is 2.92. The normalized spacial score (nSPS) is 14.1. The van der Waals surface area contributed by atoms with E-state index in [1.54, 1.807) is 4.90 Å². The Bertz CT molecular complexity index is 1770. The van der Waals surface area contributed by atoms with Gasteiger partial charge in [-0.15, -0.1) is 0 Å². The third-order valence-electron chi connectivity index (χ3n) is 6.83. The smallest absolute Gasteiger partial charge is 0.266 e. The summed E-state index contributed by atoms with van der Waals surface area (Å²) in [6.07, 6.45) is 3.84. The Morgan fingerprint density at radius 1 is 0.905 bits per heavy atom. The van der Waals surface area contributed by atoms with Crippen LogP contribution in [0.3, 0.4) is 0 Å². The zero-order valence-electron chi connectivity index (χ0n) is 22.7. The van der Waals surface area contributed by atoms with Crippen LogP contribution in [0.1, 0.15) is 22.3 Å². The molecule has 1 saturated heterocycles. The maximum Gasteiger partial charge on any atom is 0.266 e. The maximum atomic E-state index is 13.5. The molecule has 42 heavy (non-hydrogen) atoms. The van der Waals surface area contributed by atoms with Gasteiger partial charge in [-0.25, -0.2) is 4.68 Å². The summed E-state index contributed by atoms with van der Waals surface area (Å²) in [6, 6.07) is 33.5. The fourth-order valence-electron chi connectivity index (χ4n) is 4.54. The van der Waals surface area contributed by atoms with E-state index in [4.69, 9.17) is 33.7 Å². The highest BCUT2D eigenvalue weighted by Gasteiger charge is 2.32. The summed E-state index contributed by atoms with van der Waals surface area (Å²) >= 11 is 12.9. The number of nitrogens with zero attached hydrogens (tertiary/aromatic N) is 3. The lowest BCUT2D eigenvalue weighted by molar-refractivity contribution is -0.122. The highest BCUT2D eigenvalue weighted by molar-refractivity contribution is 8.26. The summed E-state index contributed by atoms with van der Waals surface area (Å²) in [4.78, 5) is 15.7. The van der Waals surface area contributed by atoms with Crippen molar-refractivity contribution >= 4 is 51.9 Å². The Labute approximate surface area is 259 Å². The topological polar surface area (TPSA) is 47.4 Å². The van der Waals surface area contributed by atoms with E-state index in [-0.39, 0.29) is 5.91 Å². The van der Waals surface area contributed by atoms with Crippen LogP contribution in [0.15, 0.2) is 114 Å². The Hall–Kier alpha value is -4.17. The SMILES string of the molecule is Cc1ccc(CN2C(=O)/C(=C\c3cn(-c4ccccc4)nc3-c3ccc(OCc4ccc(Cl)cc4)cc3)SC2=S)cc1. The van der Waals surface area contributed by atoms with Crippen molar-refractivity contribution in [2.45, 2.75) is 20.1 Å². The second kappa shape index (κ2) is 12.4. The first-order valence-electron chi connectivity index (χ1n) is 13.4. The number of rotatable bonds is 8. The van der Waals surface area contributed by atoms with Crippen molar-refractivity contribution in [3.63, 3.8) is 0 Å². The summed E-state index contributed by atoms with van der Waals surface area (Å²) in [5.74, 6) is 0.643. The number of aromatic nitrogens is 2. The molecule has 6 rings (SSSR count). The Balaban J connectivity index is 1.28. The molecule has 0 radical (unpaired) electrons. The molecule has 0 atom stereocenters. The summed E-state index contributed by atoms with van der Waals surface area (Å²) in [7, 11) is 0. The number of benzene rings is 4. The standard InChI is InChI=1S/C34H26ClN3O2S2/c1-23-7-9-24(10-8-23)20-37-33(39)31(42-34(37)41)19-27-21-38(29-5-3-2-4-6-29)36-32(27)26-13-17-30(18-14-26)40-22-25-11-15-28(35)16-12-25/h2-19,21H,20,22H2,1H3/b31-19+. The first-order chi connectivity index (χ1) is 20.4. The Morgan fingerprint density at radius 3 is 2.31 bits per heavy atom. The number of carbonyl (C=O) groups excluding carboxylic acids is 1. The van der Waals surface area contributed by atoms with Gasteiger partial charge in [0.05, 0.1) is 22.8 Å². The number of para-hydroxylation sites is 1. The largest absolute Gasteiger partial charge is 0.489 e. The van der Waals surface area contributed by atoms with Crippen molar-refractivity contribution in [3.05, 3.63) is 142 Å². The van der Waals surface area contributed by atoms with E-state index in [9.17, 15) is 4.79 Å². The Morgan fingerprint density at radius 2 is 1.60 bits per heavy atom. The van der Waals surface area contributed by atoms with Crippen LogP contribution in [0.2, 0.25) is 5.02 Å². The number of aryl methyl sites for hydroxylation is 1. The van der Waals surface area contributed by atoms with Crippen molar-refractivity contribution < 1.29 is 9.53 Å². The number of halogens is 1. The number of carbonyl (C=O) groups is 1. The number of hydrogen-bond donors (Lipinski definition) is 0. The molecule has 1 aliphatic rings. The molecule has 0 N–H and O–H groups in total. The third-order valence-corrected chi connectivity index (χ3v) is 8.46. The van der Waals surface area contributed by atoms with Gasteiger partial charge < -0.3 is 4.74 Å². The minimum absolute atomic E-state index is 0.102. The van der Waals surface area contributed by atoms with E-state index in [2.05, 4.69) is 0 Å². The van der Waals surface area contributed by atoms with E-state index < -0.39 is 0 Å². The first kappa shape index (κ1) is 28.0. The summed E-state index contributed by atoms with van der Waals surface area (Å²) in [5.41, 5.74) is 6.66. The number of thiocarbonyl (C=S) groups is 1. The fraction of sp³-hybridized carbons (Fsp3) is 0.0882. The van der Waals surface area contributed by atoms with Crippen LogP contribution in [0, 0.1) is 6.92 Å². The third kappa shape index (κ3) is 6.34. The summed E-state index contributed by atoms with van der Waals surface area (Å²) in [5, 5.41) is 5.61. The molecule has 208 valence electrons. The molecule has 1 fully saturated rings. The van der Waals surface area contributed by atoms with Crippen LogP contribution in [0.4, 0.5) is 0 Å². The quantitative estimate of drug-likeness (QED) is 0.131. The van der Waals surface area contributed by atoms with Crippen molar-refractivity contribution in [1.29, 1.82) is 0 Å². The molecule has 5 nitrogen and oxygen atoms in total. The molecule has 1 aromatic heterocycles. The van der Waals surface area contributed by atoms with Crippen LogP contribution in [0.5, 0.6) is 5.75 Å². The van der Waals surface area contributed by atoms with Gasteiger partial charge in [0.25, 0.3) is 5.91 Å². The van der Waals surface area contributed by atoms with Gasteiger partial charge in [0, 0.05) is 22.3 Å². The lowest BCUT2D eigenvalue weighted by Gasteiger charge is -2.14. The van der Waals surface area contributed by atoms with Crippen LogP contribution in [-0.2, 0) is 17.9 Å². The van der Waals surface area contributed by atoms with Gasteiger partial charge in [-0.2, -0.15) is 5.10 Å². The second-order valence-corrected chi connectivity index (χ2v) is 12.0. The van der Waals surface area contributed by atoms with Gasteiger partial charge in [0.2, 0.25) is 0 Å². The van der Waals surface area contributed by atoms with Gasteiger partial charge in [0.15, 0.2) is 0 Å². The van der Waals surface area contributed by atoms with Crippen molar-refractivity contribution in [1.82, 2.24) is 14.7 Å². The van der Waals surface area contributed by atoms with Crippen LogP contribution < -0.4 is 4.74 Å². The van der Waals surface area contributed by atoms with Crippen molar-refractivity contribution in [2.24, 2.45) is 0 Å². The zero-order chi connectivity index (χ0) is 29.1. The maximum absolute atomic E-state index is 13.5.